The van der Waals surface area contributed by atoms with E-state index in [4.69, 9.17) is 0 Å². The van der Waals surface area contributed by atoms with Crippen molar-refractivity contribution in [3.63, 3.8) is 0 Å². The molecule has 14 nitrogen and oxygen atoms in total. The van der Waals surface area contributed by atoms with Crippen LogP contribution in [0.5, 0.6) is 0 Å². The van der Waals surface area contributed by atoms with Crippen molar-refractivity contribution >= 4 is 23.5 Å². The molecule has 2 heterocycles. The average Bonchev–Trinajstić information content (AvgIpc) is 3.06. The van der Waals surface area contributed by atoms with Crippen LogP contribution in [-0.2, 0) is 4.79 Å². The standard InChI is InChI=1S/C6H2F3N9O5/c7-6(8,9)4(19)11-2-3(14-23-13-2)17(20)15-16-1-10-5(12-16)18(21)22/h1H,(H,11,13,19). The molecule has 0 spiro atoms. The molecule has 0 aliphatic rings. The van der Waals surface area contributed by atoms with Gasteiger partial charge in [-0.05, 0) is 15.1 Å². The van der Waals surface area contributed by atoms with Gasteiger partial charge in [0, 0.05) is 0 Å². The van der Waals surface area contributed by atoms with Crippen molar-refractivity contribution < 1.29 is 32.4 Å². The zero-order valence-corrected chi connectivity index (χ0v) is 10.3. The van der Waals surface area contributed by atoms with E-state index in [0.717, 1.165) is 0 Å². The molecule has 0 aliphatic carbocycles. The number of hydrogen-bond acceptors (Lipinski definition) is 10. The molecule has 0 atom stereocenters. The summed E-state index contributed by atoms with van der Waals surface area (Å²) in [5.41, 5.74) is 0. The summed E-state index contributed by atoms with van der Waals surface area (Å²) in [5, 5.41) is 35.2. The molecule has 1 N–H and O–H groups in total. The van der Waals surface area contributed by atoms with Crippen molar-refractivity contribution in [2.45, 2.75) is 6.18 Å². The zero-order valence-electron chi connectivity index (χ0n) is 10.3. The SMILES string of the molecule is O=C(Nc1nonc1[N+]([O-])=Nn1cnc([N+](=O)[O-])n1)C(F)(F)F. The predicted octanol–water partition coefficient (Wildman–Crippen LogP) is 0.127. The first-order chi connectivity index (χ1) is 10.7. The highest BCUT2D eigenvalue weighted by Gasteiger charge is 2.40. The van der Waals surface area contributed by atoms with E-state index in [9.17, 15) is 33.3 Å². The van der Waals surface area contributed by atoms with E-state index in [-0.39, 0.29) is 0 Å². The van der Waals surface area contributed by atoms with Gasteiger partial charge in [0.25, 0.3) is 12.1 Å². The molecule has 0 aliphatic heterocycles. The van der Waals surface area contributed by atoms with Crippen LogP contribution in [-0.4, -0.2) is 47.1 Å². The Kier molecular flexibility index (Phi) is 3.84. The van der Waals surface area contributed by atoms with Crippen LogP contribution in [0.1, 0.15) is 0 Å². The van der Waals surface area contributed by atoms with Crippen molar-refractivity contribution in [3.05, 3.63) is 21.6 Å². The maximum absolute atomic E-state index is 12.1. The van der Waals surface area contributed by atoms with Gasteiger partial charge < -0.3 is 15.3 Å². The molecule has 0 aromatic carbocycles. The third kappa shape index (κ3) is 3.51. The minimum Gasteiger partial charge on any atom is -0.721 e. The minimum atomic E-state index is -5.24. The predicted molar refractivity (Wildman–Crippen MR) is 56.8 cm³/mol. The van der Waals surface area contributed by atoms with E-state index in [2.05, 4.69) is 30.2 Å². The van der Waals surface area contributed by atoms with E-state index in [1.54, 1.807) is 0 Å². The van der Waals surface area contributed by atoms with Crippen molar-refractivity contribution in [2.24, 2.45) is 5.22 Å². The van der Waals surface area contributed by atoms with E-state index in [1.807, 2.05) is 0 Å². The number of nitrogens with one attached hydrogen (secondary N) is 1. The molecule has 1 amide bonds. The number of amides is 1. The Morgan fingerprint density at radius 3 is 2.65 bits per heavy atom. The lowest BCUT2D eigenvalue weighted by Crippen LogP contribution is -2.30. The molecular weight excluding hydrogens is 335 g/mol. The fourth-order valence-corrected chi connectivity index (χ4v) is 1.07. The second-order valence-electron chi connectivity index (χ2n) is 3.47. The number of halogens is 3. The Morgan fingerprint density at radius 1 is 1.39 bits per heavy atom. The van der Waals surface area contributed by atoms with Crippen LogP contribution in [0.25, 0.3) is 0 Å². The van der Waals surface area contributed by atoms with Gasteiger partial charge in [0.15, 0.2) is 0 Å². The number of alkyl halides is 3. The van der Waals surface area contributed by atoms with Crippen LogP contribution in [0.2, 0.25) is 0 Å². The van der Waals surface area contributed by atoms with Crippen molar-refractivity contribution in [1.29, 1.82) is 0 Å². The highest BCUT2D eigenvalue weighted by atomic mass is 19.4. The topological polar surface area (TPSA) is 180 Å². The molecule has 23 heavy (non-hydrogen) atoms. The number of nitrogens with zero attached hydrogens (tertiary/aromatic N) is 8. The third-order valence-corrected chi connectivity index (χ3v) is 1.95. The Hall–Kier alpha value is -3.66. The van der Waals surface area contributed by atoms with Gasteiger partial charge in [-0.3, -0.25) is 10.1 Å². The summed E-state index contributed by atoms with van der Waals surface area (Å²) in [7, 11) is 0. The quantitative estimate of drug-likeness (QED) is 0.351. The monoisotopic (exact) mass is 337 g/mol. The summed E-state index contributed by atoms with van der Waals surface area (Å²) in [6.45, 7) is 0. The molecule has 122 valence electrons. The molecule has 0 fully saturated rings. The lowest BCUT2D eigenvalue weighted by molar-refractivity contribution is -0.453. The number of carbonyl (C=O) groups excluding carboxylic acids is 1. The second-order valence-corrected chi connectivity index (χ2v) is 3.47. The fraction of sp³-hybridized carbons (Fsp3) is 0.167. The van der Waals surface area contributed by atoms with Crippen molar-refractivity contribution in [2.75, 3.05) is 5.32 Å². The summed E-state index contributed by atoms with van der Waals surface area (Å²) in [6, 6.07) is 0. The van der Waals surface area contributed by atoms with Crippen LogP contribution >= 0.6 is 0 Å². The highest BCUT2D eigenvalue weighted by Crippen LogP contribution is 2.23. The highest BCUT2D eigenvalue weighted by molar-refractivity contribution is 5.95. The van der Waals surface area contributed by atoms with Gasteiger partial charge >= 0.3 is 23.8 Å². The number of nitro groups is 1. The van der Waals surface area contributed by atoms with Crippen LogP contribution in [0, 0.1) is 15.3 Å². The van der Waals surface area contributed by atoms with Crippen LogP contribution in [0.15, 0.2) is 16.2 Å². The molecule has 2 rings (SSSR count). The molecule has 0 bridgehead atoms. The smallest absolute Gasteiger partial charge is 0.507 e. The molecule has 17 heteroatoms. The first-order valence-corrected chi connectivity index (χ1v) is 5.14. The van der Waals surface area contributed by atoms with Gasteiger partial charge in [-0.15, -0.1) is 4.86 Å². The largest absolute Gasteiger partial charge is 0.721 e. The maximum Gasteiger partial charge on any atom is 0.507 e. The van der Waals surface area contributed by atoms with Crippen LogP contribution < -0.4 is 5.32 Å². The van der Waals surface area contributed by atoms with Gasteiger partial charge in [0.1, 0.15) is 10.3 Å². The van der Waals surface area contributed by atoms with Gasteiger partial charge in [-0.2, -0.15) is 17.8 Å². The first kappa shape index (κ1) is 15.7. The van der Waals surface area contributed by atoms with Crippen molar-refractivity contribution in [3.8, 4) is 0 Å². The van der Waals surface area contributed by atoms with E-state index in [1.165, 1.54) is 5.32 Å². The molecular formula is C6H2F3N9O5. The van der Waals surface area contributed by atoms with Gasteiger partial charge in [-0.1, -0.05) is 0 Å². The van der Waals surface area contributed by atoms with Gasteiger partial charge in [0.05, 0.1) is 10.0 Å². The van der Waals surface area contributed by atoms with E-state index >= 15 is 0 Å². The summed E-state index contributed by atoms with van der Waals surface area (Å²) >= 11 is 0. The number of carbonyl (C=O) groups is 1. The summed E-state index contributed by atoms with van der Waals surface area (Å²) < 4.78 is 40.3. The van der Waals surface area contributed by atoms with Crippen LogP contribution in [0.3, 0.4) is 0 Å². The molecule has 0 radical (unpaired) electrons. The Balaban J connectivity index is 2.24. The number of rotatable bonds is 4. The molecule has 0 saturated carbocycles. The maximum atomic E-state index is 12.1. The fourth-order valence-electron chi connectivity index (χ4n) is 1.07. The lowest BCUT2D eigenvalue weighted by atomic mass is 10.5. The number of anilines is 1. The third-order valence-electron chi connectivity index (χ3n) is 1.95. The number of hydrogen-bond donors (Lipinski definition) is 1. The molecule has 0 unspecified atom stereocenters. The Labute approximate surface area is 120 Å². The van der Waals surface area contributed by atoms with E-state index in [0.29, 0.717) is 11.1 Å². The Bertz CT molecular complexity index is 779. The molecule has 0 saturated heterocycles. The normalized spacial score (nSPS) is 12.2. The summed E-state index contributed by atoms with van der Waals surface area (Å²) in [4.78, 5) is 23.2. The van der Waals surface area contributed by atoms with E-state index < -0.39 is 39.5 Å². The van der Waals surface area contributed by atoms with Crippen molar-refractivity contribution in [1.82, 2.24) is 25.2 Å². The van der Waals surface area contributed by atoms with Gasteiger partial charge in [-0.25, -0.2) is 0 Å². The summed E-state index contributed by atoms with van der Waals surface area (Å²) in [5.74, 6) is -5.24. The number of aromatic nitrogens is 5. The van der Waals surface area contributed by atoms with Gasteiger partial charge in [0.2, 0.25) is 0 Å². The Morgan fingerprint density at radius 2 is 2.09 bits per heavy atom. The summed E-state index contributed by atoms with van der Waals surface area (Å²) in [6.07, 6.45) is -4.57. The van der Waals surface area contributed by atoms with Crippen LogP contribution in [0.4, 0.5) is 30.8 Å². The first-order valence-electron chi connectivity index (χ1n) is 5.14. The minimum absolute atomic E-state index is 0.342. The lowest BCUT2D eigenvalue weighted by Gasteiger charge is -2.05. The second kappa shape index (κ2) is 5.61. The zero-order chi connectivity index (χ0) is 17.2. The molecule has 2 aromatic rings. The average molecular weight is 337 g/mol. The molecule has 2 aromatic heterocycles.